The molecule has 0 radical (unpaired) electrons. The van der Waals surface area contributed by atoms with Crippen molar-refractivity contribution in [3.8, 4) is 5.75 Å². The molecule has 0 N–H and O–H groups in total. The molecule has 0 bridgehead atoms. The van der Waals surface area contributed by atoms with Crippen molar-refractivity contribution in [1.29, 1.82) is 0 Å². The first-order valence-corrected chi connectivity index (χ1v) is 3.86. The Morgan fingerprint density at radius 2 is 2.23 bits per heavy atom. The molecule has 1 aromatic rings. The molecule has 1 aromatic heterocycles. The third-order valence-corrected chi connectivity index (χ3v) is 1.28. The first kappa shape index (κ1) is 9.44. The Balaban J connectivity index is 2.75. The lowest BCUT2D eigenvalue weighted by atomic mass is 10.4. The van der Waals surface area contributed by atoms with E-state index in [2.05, 4.69) is 4.98 Å². The van der Waals surface area contributed by atoms with E-state index in [-0.39, 0.29) is 11.9 Å². The van der Waals surface area contributed by atoms with Crippen molar-refractivity contribution < 1.29 is 9.66 Å². The molecule has 0 aromatic carbocycles. The summed E-state index contributed by atoms with van der Waals surface area (Å²) in [4.78, 5) is 13.3. The molecule has 0 aliphatic carbocycles. The van der Waals surface area contributed by atoms with Gasteiger partial charge in [0.25, 0.3) is 0 Å². The zero-order valence-corrected chi connectivity index (χ0v) is 7.43. The lowest BCUT2D eigenvalue weighted by Gasteiger charge is -2.06. The van der Waals surface area contributed by atoms with Crippen LogP contribution in [0.15, 0.2) is 18.3 Å². The summed E-state index contributed by atoms with van der Waals surface area (Å²) in [5, 5.41) is 10.2. The highest BCUT2D eigenvalue weighted by atomic mass is 16.6. The highest BCUT2D eigenvalue weighted by Gasteiger charge is 2.07. The van der Waals surface area contributed by atoms with Gasteiger partial charge < -0.3 is 14.9 Å². The van der Waals surface area contributed by atoms with E-state index in [4.69, 9.17) is 4.74 Å². The fourth-order valence-electron chi connectivity index (χ4n) is 0.822. The molecule has 0 fully saturated rings. The summed E-state index contributed by atoms with van der Waals surface area (Å²) in [5.74, 6) is 0.372. The third kappa shape index (κ3) is 2.70. The van der Waals surface area contributed by atoms with Crippen molar-refractivity contribution in [2.75, 3.05) is 0 Å². The Hall–Kier alpha value is -1.65. The smallest absolute Gasteiger partial charge is 0.363 e. The van der Waals surface area contributed by atoms with Crippen LogP contribution in [0.25, 0.3) is 0 Å². The number of rotatable bonds is 3. The van der Waals surface area contributed by atoms with E-state index in [0.717, 1.165) is 0 Å². The van der Waals surface area contributed by atoms with Crippen LogP contribution < -0.4 is 4.74 Å². The molecular weight excluding hydrogens is 172 g/mol. The molecule has 5 heteroatoms. The van der Waals surface area contributed by atoms with Crippen LogP contribution in [0.2, 0.25) is 0 Å². The number of aromatic nitrogens is 1. The van der Waals surface area contributed by atoms with E-state index in [1.807, 2.05) is 13.8 Å². The van der Waals surface area contributed by atoms with Crippen LogP contribution in [0.3, 0.4) is 0 Å². The molecule has 70 valence electrons. The van der Waals surface area contributed by atoms with Gasteiger partial charge >= 0.3 is 5.82 Å². The van der Waals surface area contributed by atoms with Crippen LogP contribution in [0, 0.1) is 10.1 Å². The van der Waals surface area contributed by atoms with Crippen molar-refractivity contribution in [2.24, 2.45) is 0 Å². The highest BCUT2D eigenvalue weighted by Crippen LogP contribution is 2.14. The zero-order chi connectivity index (χ0) is 9.84. The fraction of sp³-hybridized carbons (Fsp3) is 0.375. The van der Waals surface area contributed by atoms with E-state index in [0.29, 0.717) is 5.75 Å². The average Bonchev–Trinajstić information content (AvgIpc) is 2.04. The number of hydrogen-bond donors (Lipinski definition) is 0. The monoisotopic (exact) mass is 182 g/mol. The summed E-state index contributed by atoms with van der Waals surface area (Å²) in [6.07, 6.45) is 1.39. The third-order valence-electron chi connectivity index (χ3n) is 1.28. The number of nitro groups is 1. The minimum Gasteiger partial charge on any atom is -0.487 e. The molecule has 0 saturated heterocycles. The molecule has 1 heterocycles. The van der Waals surface area contributed by atoms with Crippen molar-refractivity contribution in [3.05, 3.63) is 28.4 Å². The number of nitrogens with zero attached hydrogens (tertiary/aromatic N) is 2. The summed E-state index contributed by atoms with van der Waals surface area (Å²) < 4.78 is 5.26. The predicted octanol–water partition coefficient (Wildman–Crippen LogP) is 1.78. The van der Waals surface area contributed by atoms with Crippen LogP contribution in [-0.4, -0.2) is 16.0 Å². The zero-order valence-electron chi connectivity index (χ0n) is 7.43. The second-order valence-corrected chi connectivity index (χ2v) is 2.78. The molecule has 13 heavy (non-hydrogen) atoms. The van der Waals surface area contributed by atoms with Gasteiger partial charge in [0, 0.05) is 6.07 Å². The quantitative estimate of drug-likeness (QED) is 0.527. The summed E-state index contributed by atoms with van der Waals surface area (Å²) in [5.41, 5.74) is 0. The van der Waals surface area contributed by atoms with E-state index in [1.165, 1.54) is 18.3 Å². The SMILES string of the molecule is CC(C)Oc1ccc([N+](=O)[O-])nc1. The Bertz CT molecular complexity index is 295. The van der Waals surface area contributed by atoms with Crippen LogP contribution in [0.5, 0.6) is 5.75 Å². The second-order valence-electron chi connectivity index (χ2n) is 2.78. The molecule has 0 saturated carbocycles. The molecule has 0 atom stereocenters. The molecular formula is C8H10N2O3. The summed E-state index contributed by atoms with van der Waals surface area (Å²) in [6.45, 7) is 3.75. The van der Waals surface area contributed by atoms with Gasteiger partial charge in [-0.1, -0.05) is 0 Å². The maximum Gasteiger partial charge on any atom is 0.363 e. The Morgan fingerprint density at radius 1 is 1.54 bits per heavy atom. The summed E-state index contributed by atoms with van der Waals surface area (Å²) in [7, 11) is 0. The molecule has 0 amide bonds. The van der Waals surface area contributed by atoms with Gasteiger partial charge in [0.15, 0.2) is 11.9 Å². The number of ether oxygens (including phenoxy) is 1. The van der Waals surface area contributed by atoms with E-state index in [1.54, 1.807) is 0 Å². The van der Waals surface area contributed by atoms with Gasteiger partial charge in [0.2, 0.25) is 0 Å². The van der Waals surface area contributed by atoms with Crippen molar-refractivity contribution >= 4 is 5.82 Å². The van der Waals surface area contributed by atoms with Crippen LogP contribution >= 0.6 is 0 Å². The van der Waals surface area contributed by atoms with Gasteiger partial charge in [0.1, 0.15) is 0 Å². The molecule has 1 rings (SSSR count). The predicted molar refractivity (Wildman–Crippen MR) is 46.7 cm³/mol. The number of hydrogen-bond acceptors (Lipinski definition) is 4. The summed E-state index contributed by atoms with van der Waals surface area (Å²) in [6, 6.07) is 2.85. The minimum absolute atomic E-state index is 0.0447. The van der Waals surface area contributed by atoms with E-state index >= 15 is 0 Å². The molecule has 0 aliphatic heterocycles. The van der Waals surface area contributed by atoms with Gasteiger partial charge in [-0.25, -0.2) is 0 Å². The molecule has 5 nitrogen and oxygen atoms in total. The van der Waals surface area contributed by atoms with E-state index < -0.39 is 4.92 Å². The molecule has 0 spiro atoms. The minimum atomic E-state index is -0.543. The van der Waals surface area contributed by atoms with Crippen molar-refractivity contribution in [3.63, 3.8) is 0 Å². The van der Waals surface area contributed by atoms with Crippen LogP contribution in [0.4, 0.5) is 5.82 Å². The first-order chi connectivity index (χ1) is 6.09. The second kappa shape index (κ2) is 3.84. The van der Waals surface area contributed by atoms with Crippen molar-refractivity contribution in [2.45, 2.75) is 20.0 Å². The van der Waals surface area contributed by atoms with E-state index in [9.17, 15) is 10.1 Å². The van der Waals surface area contributed by atoms with Gasteiger partial charge in [0.05, 0.1) is 6.10 Å². The van der Waals surface area contributed by atoms with Crippen LogP contribution in [0.1, 0.15) is 13.8 Å². The normalized spacial score (nSPS) is 10.1. The lowest BCUT2D eigenvalue weighted by molar-refractivity contribution is -0.389. The van der Waals surface area contributed by atoms with Gasteiger partial charge in [-0.3, -0.25) is 0 Å². The first-order valence-electron chi connectivity index (χ1n) is 3.86. The largest absolute Gasteiger partial charge is 0.487 e. The fourth-order valence-corrected chi connectivity index (χ4v) is 0.822. The lowest BCUT2D eigenvalue weighted by Crippen LogP contribution is -2.05. The Kier molecular flexibility index (Phi) is 2.79. The Labute approximate surface area is 75.5 Å². The Morgan fingerprint density at radius 3 is 2.62 bits per heavy atom. The molecule has 0 unspecified atom stereocenters. The van der Waals surface area contributed by atoms with Gasteiger partial charge in [-0.05, 0) is 29.8 Å². The number of pyridine rings is 1. The van der Waals surface area contributed by atoms with Gasteiger partial charge in [-0.15, -0.1) is 0 Å². The standard InChI is InChI=1S/C8H10N2O3/c1-6(2)13-7-3-4-8(9-5-7)10(11)12/h3-6H,1-2H3. The summed E-state index contributed by atoms with van der Waals surface area (Å²) >= 11 is 0. The van der Waals surface area contributed by atoms with Crippen LogP contribution in [-0.2, 0) is 0 Å². The highest BCUT2D eigenvalue weighted by molar-refractivity contribution is 5.26. The molecule has 0 aliphatic rings. The maximum atomic E-state index is 10.2. The van der Waals surface area contributed by atoms with Gasteiger partial charge in [-0.2, -0.15) is 0 Å². The average molecular weight is 182 g/mol. The van der Waals surface area contributed by atoms with Crippen molar-refractivity contribution in [1.82, 2.24) is 4.98 Å². The maximum absolute atomic E-state index is 10.2. The topological polar surface area (TPSA) is 65.3 Å².